The second-order valence-corrected chi connectivity index (χ2v) is 3.24. The summed E-state index contributed by atoms with van der Waals surface area (Å²) in [6.45, 7) is -0.819. The van der Waals surface area contributed by atoms with Crippen molar-refractivity contribution in [3.63, 3.8) is 0 Å². The van der Waals surface area contributed by atoms with Crippen LogP contribution < -0.4 is 0 Å². The van der Waals surface area contributed by atoms with Gasteiger partial charge in [-0.25, -0.2) is 0 Å². The highest BCUT2D eigenvalue weighted by molar-refractivity contribution is 5.57. The molecule has 0 saturated heterocycles. The van der Waals surface area contributed by atoms with E-state index in [4.69, 9.17) is 20.4 Å². The lowest BCUT2D eigenvalue weighted by atomic mass is 9.62. The zero-order valence-corrected chi connectivity index (χ0v) is 6.74. The number of hydrogen-bond acceptors (Lipinski definition) is 6. The first-order chi connectivity index (χ1) is 5.99. The van der Waals surface area contributed by atoms with Gasteiger partial charge in [-0.15, -0.1) is 0 Å². The van der Waals surface area contributed by atoms with E-state index in [1.807, 2.05) is 0 Å². The molecule has 0 aromatic rings. The summed E-state index contributed by atoms with van der Waals surface area (Å²) >= 11 is 0. The maximum absolute atomic E-state index is 10.2. The van der Waals surface area contributed by atoms with Gasteiger partial charge in [0, 0.05) is 0 Å². The Balaban J connectivity index is 2.79. The van der Waals surface area contributed by atoms with Crippen molar-refractivity contribution in [3.05, 3.63) is 0 Å². The Bertz CT molecular complexity index is 207. The molecule has 6 heteroatoms. The van der Waals surface area contributed by atoms with Crippen molar-refractivity contribution in [2.24, 2.45) is 5.92 Å². The van der Waals surface area contributed by atoms with E-state index in [0.29, 0.717) is 0 Å². The van der Waals surface area contributed by atoms with Crippen LogP contribution in [-0.4, -0.2) is 62.3 Å². The van der Waals surface area contributed by atoms with Gasteiger partial charge < -0.3 is 30.3 Å². The normalized spacial score (nSPS) is 46.7. The lowest BCUT2D eigenvalue weighted by Gasteiger charge is -2.53. The molecule has 5 N–H and O–H groups in total. The molecule has 0 bridgehead atoms. The van der Waals surface area contributed by atoms with Gasteiger partial charge in [-0.2, -0.15) is 0 Å². The first-order valence-corrected chi connectivity index (χ1v) is 3.81. The van der Waals surface area contributed by atoms with Gasteiger partial charge in [0.1, 0.15) is 24.1 Å². The Morgan fingerprint density at radius 2 is 2.00 bits per heavy atom. The SMILES string of the molecule is O=CC(O)C1C(O)C(O)C1(O)CO. The van der Waals surface area contributed by atoms with E-state index in [1.54, 1.807) is 0 Å². The molecule has 0 aromatic heterocycles. The number of hydrogen-bond donors (Lipinski definition) is 5. The molecule has 76 valence electrons. The summed E-state index contributed by atoms with van der Waals surface area (Å²) in [5, 5.41) is 45.3. The fourth-order valence-electron chi connectivity index (χ4n) is 1.65. The summed E-state index contributed by atoms with van der Waals surface area (Å²) in [6.07, 6.45) is -4.37. The topological polar surface area (TPSA) is 118 Å². The number of rotatable bonds is 3. The summed E-state index contributed by atoms with van der Waals surface area (Å²) < 4.78 is 0. The van der Waals surface area contributed by atoms with Gasteiger partial charge >= 0.3 is 0 Å². The van der Waals surface area contributed by atoms with Crippen LogP contribution in [0.4, 0.5) is 0 Å². The fraction of sp³-hybridized carbons (Fsp3) is 0.857. The van der Waals surface area contributed by atoms with Crippen LogP contribution in [-0.2, 0) is 4.79 Å². The van der Waals surface area contributed by atoms with Crippen LogP contribution in [0, 0.1) is 5.92 Å². The van der Waals surface area contributed by atoms with Gasteiger partial charge in [0.2, 0.25) is 0 Å². The third kappa shape index (κ3) is 1.27. The Hall–Kier alpha value is -0.530. The molecule has 1 fully saturated rings. The quantitative estimate of drug-likeness (QED) is 0.298. The van der Waals surface area contributed by atoms with E-state index in [0.717, 1.165) is 0 Å². The lowest BCUT2D eigenvalue weighted by Crippen LogP contribution is -2.74. The van der Waals surface area contributed by atoms with Crippen LogP contribution in [0.5, 0.6) is 0 Å². The first kappa shape index (κ1) is 10.6. The molecular formula is C7H12O6. The number of carbonyl (C=O) groups excluding carboxylic acids is 1. The first-order valence-electron chi connectivity index (χ1n) is 3.81. The highest BCUT2D eigenvalue weighted by Crippen LogP contribution is 2.40. The average molecular weight is 192 g/mol. The molecule has 1 rings (SSSR count). The predicted octanol–water partition coefficient (Wildman–Crippen LogP) is -3.38. The van der Waals surface area contributed by atoms with Crippen molar-refractivity contribution in [1.29, 1.82) is 0 Å². The molecule has 13 heavy (non-hydrogen) atoms. The summed E-state index contributed by atoms with van der Waals surface area (Å²) in [6, 6.07) is 0. The molecule has 0 aromatic carbocycles. The van der Waals surface area contributed by atoms with Crippen LogP contribution in [0.25, 0.3) is 0 Å². The zero-order chi connectivity index (χ0) is 10.2. The van der Waals surface area contributed by atoms with Crippen LogP contribution >= 0.6 is 0 Å². The minimum Gasteiger partial charge on any atom is -0.393 e. The van der Waals surface area contributed by atoms with Gasteiger partial charge in [-0.05, 0) is 0 Å². The van der Waals surface area contributed by atoms with Crippen LogP contribution in [0.3, 0.4) is 0 Å². The molecule has 1 aliphatic carbocycles. The fourth-order valence-corrected chi connectivity index (χ4v) is 1.65. The smallest absolute Gasteiger partial charge is 0.148 e. The number of aliphatic hydroxyl groups excluding tert-OH is 4. The molecule has 0 heterocycles. The van der Waals surface area contributed by atoms with E-state index < -0.39 is 36.4 Å². The van der Waals surface area contributed by atoms with Gasteiger partial charge in [0.05, 0.1) is 18.6 Å². The van der Waals surface area contributed by atoms with Gasteiger partial charge in [-0.3, -0.25) is 0 Å². The van der Waals surface area contributed by atoms with Crippen molar-refractivity contribution >= 4 is 6.29 Å². The monoisotopic (exact) mass is 192 g/mol. The maximum Gasteiger partial charge on any atom is 0.148 e. The summed E-state index contributed by atoms with van der Waals surface area (Å²) in [5.41, 5.74) is -1.99. The second kappa shape index (κ2) is 3.32. The molecule has 6 nitrogen and oxygen atoms in total. The molecule has 0 amide bonds. The molecule has 0 spiro atoms. The Morgan fingerprint density at radius 3 is 2.38 bits per heavy atom. The van der Waals surface area contributed by atoms with Crippen molar-refractivity contribution < 1.29 is 30.3 Å². The van der Waals surface area contributed by atoms with Crippen molar-refractivity contribution in [2.75, 3.05) is 6.61 Å². The van der Waals surface area contributed by atoms with Crippen LogP contribution in [0.2, 0.25) is 0 Å². The van der Waals surface area contributed by atoms with Gasteiger partial charge in [0.15, 0.2) is 0 Å². The van der Waals surface area contributed by atoms with Crippen molar-refractivity contribution in [2.45, 2.75) is 23.9 Å². The Labute approximate surface area is 74.1 Å². The molecule has 0 radical (unpaired) electrons. The Morgan fingerprint density at radius 1 is 1.46 bits per heavy atom. The molecule has 1 saturated carbocycles. The minimum absolute atomic E-state index is 0.139. The van der Waals surface area contributed by atoms with E-state index >= 15 is 0 Å². The highest BCUT2D eigenvalue weighted by Gasteiger charge is 2.63. The molecule has 5 unspecified atom stereocenters. The summed E-state index contributed by atoms with van der Waals surface area (Å²) in [7, 11) is 0. The average Bonchev–Trinajstić information content (AvgIpc) is 2.16. The van der Waals surface area contributed by atoms with E-state index in [1.165, 1.54) is 0 Å². The van der Waals surface area contributed by atoms with Crippen LogP contribution in [0.1, 0.15) is 0 Å². The predicted molar refractivity (Wildman–Crippen MR) is 39.6 cm³/mol. The van der Waals surface area contributed by atoms with E-state index in [9.17, 15) is 9.90 Å². The van der Waals surface area contributed by atoms with E-state index in [-0.39, 0.29) is 6.29 Å². The van der Waals surface area contributed by atoms with E-state index in [2.05, 4.69) is 0 Å². The largest absolute Gasteiger partial charge is 0.393 e. The number of aldehydes is 1. The van der Waals surface area contributed by atoms with Crippen molar-refractivity contribution in [1.82, 2.24) is 0 Å². The number of aliphatic hydroxyl groups is 5. The lowest BCUT2D eigenvalue weighted by molar-refractivity contribution is -0.288. The summed E-state index contributed by atoms with van der Waals surface area (Å²) in [5.74, 6) is -1.23. The second-order valence-electron chi connectivity index (χ2n) is 3.24. The summed E-state index contributed by atoms with van der Waals surface area (Å²) in [4.78, 5) is 10.2. The molecule has 5 atom stereocenters. The maximum atomic E-state index is 10.2. The van der Waals surface area contributed by atoms with Gasteiger partial charge in [0.25, 0.3) is 0 Å². The van der Waals surface area contributed by atoms with Gasteiger partial charge in [-0.1, -0.05) is 0 Å². The third-order valence-corrected chi connectivity index (χ3v) is 2.54. The third-order valence-electron chi connectivity index (χ3n) is 2.54. The zero-order valence-electron chi connectivity index (χ0n) is 6.74. The molecular weight excluding hydrogens is 180 g/mol. The van der Waals surface area contributed by atoms with Crippen molar-refractivity contribution in [3.8, 4) is 0 Å². The standard InChI is InChI=1S/C7H12O6/c8-1-3(10)4-5(11)6(12)7(4,13)2-9/h1,3-6,9-13H,2H2. The molecule has 0 aliphatic heterocycles. The molecule has 1 aliphatic rings. The highest BCUT2D eigenvalue weighted by atomic mass is 16.4. The minimum atomic E-state index is -1.99. The Kier molecular flexibility index (Phi) is 2.69. The van der Waals surface area contributed by atoms with Crippen LogP contribution in [0.15, 0.2) is 0 Å². The number of carbonyl (C=O) groups is 1.